The molecule has 1 atom stereocenters. The van der Waals surface area contributed by atoms with E-state index in [9.17, 15) is 0 Å². The van der Waals surface area contributed by atoms with Crippen molar-refractivity contribution >= 4 is 11.6 Å². The Morgan fingerprint density at radius 2 is 2.00 bits per heavy atom. The first kappa shape index (κ1) is 17.4. The van der Waals surface area contributed by atoms with Gasteiger partial charge in [0.15, 0.2) is 0 Å². The lowest BCUT2D eigenvalue weighted by molar-refractivity contribution is 0.0840. The smallest absolute Gasteiger partial charge is 0.0835 e. The molecule has 5 nitrogen and oxygen atoms in total. The van der Waals surface area contributed by atoms with Crippen molar-refractivity contribution in [3.8, 4) is 0 Å². The number of hydrogen-bond donors (Lipinski definition) is 2. The number of aryl methyl sites for hydroxylation is 1. The predicted molar refractivity (Wildman–Crippen MR) is 84.6 cm³/mol. The number of nitrogens with two attached hydrogens (primary N) is 1. The minimum absolute atomic E-state index is 0.0611. The molecule has 1 aromatic rings. The molecule has 1 heterocycles. The molecule has 116 valence electrons. The second kappa shape index (κ2) is 7.41. The van der Waals surface area contributed by atoms with Crippen LogP contribution in [0.3, 0.4) is 0 Å². The quantitative estimate of drug-likeness (QED) is 0.572. The highest BCUT2D eigenvalue weighted by Gasteiger charge is 2.41. The molecule has 0 bridgehead atoms. The van der Waals surface area contributed by atoms with E-state index in [-0.39, 0.29) is 11.6 Å². The number of rotatable bonds is 8. The topological polar surface area (TPSA) is 59.1 Å². The molecule has 0 aliphatic rings. The van der Waals surface area contributed by atoms with E-state index in [0.29, 0.717) is 5.02 Å². The van der Waals surface area contributed by atoms with Crippen LogP contribution in [0.5, 0.6) is 0 Å². The third-order valence-corrected chi connectivity index (χ3v) is 4.65. The summed E-state index contributed by atoms with van der Waals surface area (Å²) in [5.74, 6) is 5.90. The summed E-state index contributed by atoms with van der Waals surface area (Å²) in [5.41, 5.74) is 3.87. The molecule has 0 radical (unpaired) electrons. The van der Waals surface area contributed by atoms with E-state index in [1.54, 1.807) is 6.20 Å². The van der Waals surface area contributed by atoms with E-state index in [1.807, 2.05) is 4.68 Å². The first-order chi connectivity index (χ1) is 9.48. The second-order valence-corrected chi connectivity index (χ2v) is 5.81. The molecule has 3 N–H and O–H groups in total. The molecule has 0 aliphatic carbocycles. The van der Waals surface area contributed by atoms with Gasteiger partial charge in [-0.2, -0.15) is 5.10 Å². The fourth-order valence-electron chi connectivity index (χ4n) is 3.09. The summed E-state index contributed by atoms with van der Waals surface area (Å²) in [5, 5.41) is 5.06. The van der Waals surface area contributed by atoms with Crippen molar-refractivity contribution in [1.82, 2.24) is 20.1 Å². The number of hydrazine groups is 1. The molecular formula is C14H28ClN5. The molecule has 0 aliphatic heterocycles. The first-order valence-electron chi connectivity index (χ1n) is 7.33. The summed E-state index contributed by atoms with van der Waals surface area (Å²) in [7, 11) is 4.18. The van der Waals surface area contributed by atoms with E-state index in [4.69, 9.17) is 17.4 Å². The Kier molecular flexibility index (Phi) is 6.45. The number of hydrogen-bond acceptors (Lipinski definition) is 4. The summed E-state index contributed by atoms with van der Waals surface area (Å²) >= 11 is 6.38. The first-order valence-corrected chi connectivity index (χ1v) is 7.70. The molecule has 0 saturated carbocycles. The van der Waals surface area contributed by atoms with Gasteiger partial charge in [-0.25, -0.2) is 5.43 Å². The lowest BCUT2D eigenvalue weighted by Gasteiger charge is -2.45. The van der Waals surface area contributed by atoms with Crippen molar-refractivity contribution in [1.29, 1.82) is 0 Å². The van der Waals surface area contributed by atoms with Crippen molar-refractivity contribution in [2.75, 3.05) is 14.1 Å². The van der Waals surface area contributed by atoms with Crippen LogP contribution in [0.4, 0.5) is 0 Å². The zero-order valence-electron chi connectivity index (χ0n) is 13.3. The van der Waals surface area contributed by atoms with Crippen molar-refractivity contribution < 1.29 is 0 Å². The molecule has 0 spiro atoms. The van der Waals surface area contributed by atoms with Crippen molar-refractivity contribution in [2.45, 2.75) is 58.2 Å². The normalized spacial score (nSPS) is 14.0. The SMILES string of the molecule is CCCn1ncc(Cl)c1C(NN)C(CC)(CC)N(C)C. The van der Waals surface area contributed by atoms with Gasteiger partial charge in [0, 0.05) is 12.1 Å². The zero-order chi connectivity index (χ0) is 15.3. The van der Waals surface area contributed by atoms with Crippen LogP contribution in [0.1, 0.15) is 51.8 Å². The summed E-state index contributed by atoms with van der Waals surface area (Å²) in [4.78, 5) is 2.23. The van der Waals surface area contributed by atoms with Gasteiger partial charge in [0.1, 0.15) is 0 Å². The van der Waals surface area contributed by atoms with Gasteiger partial charge in [-0.1, -0.05) is 32.4 Å². The number of nitrogens with one attached hydrogen (secondary N) is 1. The molecule has 0 aromatic carbocycles. The molecule has 0 amide bonds. The highest BCUT2D eigenvalue weighted by Crippen LogP contribution is 2.38. The van der Waals surface area contributed by atoms with E-state index in [1.165, 1.54) is 0 Å². The van der Waals surface area contributed by atoms with Crippen LogP contribution in [0.15, 0.2) is 6.20 Å². The lowest BCUT2D eigenvalue weighted by Crippen LogP contribution is -2.55. The molecule has 6 heteroatoms. The number of halogens is 1. The monoisotopic (exact) mass is 301 g/mol. The Morgan fingerprint density at radius 3 is 2.40 bits per heavy atom. The second-order valence-electron chi connectivity index (χ2n) is 5.41. The average Bonchev–Trinajstić information content (AvgIpc) is 2.77. The molecule has 0 fully saturated rings. The summed E-state index contributed by atoms with van der Waals surface area (Å²) in [6.07, 6.45) is 4.66. The van der Waals surface area contributed by atoms with Crippen LogP contribution < -0.4 is 11.3 Å². The summed E-state index contributed by atoms with van der Waals surface area (Å²) in [6, 6.07) is -0.0611. The Balaban J connectivity index is 3.33. The molecule has 20 heavy (non-hydrogen) atoms. The third kappa shape index (κ3) is 3.01. The fourth-order valence-corrected chi connectivity index (χ4v) is 3.34. The number of likely N-dealkylation sites (N-methyl/N-ethyl adjacent to an activating group) is 1. The van der Waals surface area contributed by atoms with Gasteiger partial charge in [-0.3, -0.25) is 10.5 Å². The van der Waals surface area contributed by atoms with Crippen molar-refractivity contribution in [2.24, 2.45) is 5.84 Å². The van der Waals surface area contributed by atoms with Crippen LogP contribution in [0.25, 0.3) is 0 Å². The number of nitrogens with zero attached hydrogens (tertiary/aromatic N) is 3. The van der Waals surface area contributed by atoms with Gasteiger partial charge in [0.25, 0.3) is 0 Å². The summed E-state index contributed by atoms with van der Waals surface area (Å²) < 4.78 is 1.97. The van der Waals surface area contributed by atoms with Gasteiger partial charge in [-0.05, 0) is 33.4 Å². The molecule has 1 aromatic heterocycles. The predicted octanol–water partition coefficient (Wildman–Crippen LogP) is 2.57. The Hall–Kier alpha value is -0.620. The van der Waals surface area contributed by atoms with Crippen LogP contribution >= 0.6 is 11.6 Å². The van der Waals surface area contributed by atoms with E-state index in [0.717, 1.165) is 31.5 Å². The van der Waals surface area contributed by atoms with E-state index in [2.05, 4.69) is 50.3 Å². The Morgan fingerprint density at radius 1 is 1.40 bits per heavy atom. The standard InChI is InChI=1S/C14H28ClN5/c1-6-9-20-12(11(15)10-17-20)13(18-16)14(7-2,8-3)19(4)5/h10,13,18H,6-9,16H2,1-5H3. The third-order valence-electron chi connectivity index (χ3n) is 4.36. The maximum absolute atomic E-state index is 6.38. The highest BCUT2D eigenvalue weighted by atomic mass is 35.5. The molecule has 0 saturated heterocycles. The van der Waals surface area contributed by atoms with Gasteiger partial charge in [0.2, 0.25) is 0 Å². The zero-order valence-corrected chi connectivity index (χ0v) is 14.0. The largest absolute Gasteiger partial charge is 0.302 e. The fraction of sp³-hybridized carbons (Fsp3) is 0.786. The van der Waals surface area contributed by atoms with Gasteiger partial charge >= 0.3 is 0 Å². The average molecular weight is 302 g/mol. The van der Waals surface area contributed by atoms with Crippen LogP contribution in [-0.4, -0.2) is 34.3 Å². The van der Waals surface area contributed by atoms with Gasteiger partial charge < -0.3 is 4.90 Å². The van der Waals surface area contributed by atoms with Gasteiger partial charge in [0.05, 0.1) is 23.0 Å². The molecular weight excluding hydrogens is 274 g/mol. The van der Waals surface area contributed by atoms with Crippen molar-refractivity contribution in [3.05, 3.63) is 16.9 Å². The highest BCUT2D eigenvalue weighted by molar-refractivity contribution is 6.31. The van der Waals surface area contributed by atoms with Crippen LogP contribution in [0, 0.1) is 0 Å². The number of aromatic nitrogens is 2. The summed E-state index contributed by atoms with van der Waals surface area (Å²) in [6.45, 7) is 7.34. The van der Waals surface area contributed by atoms with E-state index >= 15 is 0 Å². The lowest BCUT2D eigenvalue weighted by atomic mass is 9.81. The Bertz CT molecular complexity index is 412. The molecule has 1 rings (SSSR count). The van der Waals surface area contributed by atoms with E-state index < -0.39 is 0 Å². The minimum atomic E-state index is -0.0933. The minimum Gasteiger partial charge on any atom is -0.302 e. The van der Waals surface area contributed by atoms with Crippen LogP contribution in [-0.2, 0) is 6.54 Å². The van der Waals surface area contributed by atoms with Gasteiger partial charge in [-0.15, -0.1) is 0 Å². The Labute approximate surface area is 127 Å². The van der Waals surface area contributed by atoms with Crippen LogP contribution in [0.2, 0.25) is 5.02 Å². The maximum atomic E-state index is 6.38. The maximum Gasteiger partial charge on any atom is 0.0835 e. The molecule has 1 unspecified atom stereocenters. The van der Waals surface area contributed by atoms with Crippen molar-refractivity contribution in [3.63, 3.8) is 0 Å².